The Labute approximate surface area is 92.6 Å². The minimum absolute atomic E-state index is 0.404. The van der Waals surface area contributed by atoms with E-state index in [9.17, 15) is 4.79 Å². The number of aryl methyl sites for hydroxylation is 1. The fraction of sp³-hybridized carbons (Fsp3) is 0.273. The molecule has 0 saturated heterocycles. The van der Waals surface area contributed by atoms with Crippen molar-refractivity contribution in [2.45, 2.75) is 6.92 Å². The van der Waals surface area contributed by atoms with Crippen LogP contribution in [-0.4, -0.2) is 29.6 Å². The van der Waals surface area contributed by atoms with Gasteiger partial charge >= 0.3 is 5.97 Å². The van der Waals surface area contributed by atoms with Crippen molar-refractivity contribution in [2.75, 3.05) is 14.2 Å². The Morgan fingerprint density at radius 1 is 1.38 bits per heavy atom. The summed E-state index contributed by atoms with van der Waals surface area (Å²) in [5, 5.41) is 0. The van der Waals surface area contributed by atoms with Crippen LogP contribution in [0.1, 0.15) is 16.2 Å². The molecule has 2 rings (SSSR count). The molecule has 0 N–H and O–H groups in total. The number of carbonyl (C=O) groups is 1. The van der Waals surface area contributed by atoms with Gasteiger partial charge in [-0.1, -0.05) is 0 Å². The summed E-state index contributed by atoms with van der Waals surface area (Å²) in [4.78, 5) is 15.8. The van der Waals surface area contributed by atoms with Crippen molar-refractivity contribution in [1.82, 2.24) is 9.38 Å². The Balaban J connectivity index is 2.70. The molecule has 0 aliphatic carbocycles. The summed E-state index contributed by atoms with van der Waals surface area (Å²) in [6, 6.07) is 3.58. The number of esters is 1. The van der Waals surface area contributed by atoms with Crippen LogP contribution in [0.15, 0.2) is 18.3 Å². The zero-order chi connectivity index (χ0) is 11.7. The number of fused-ring (bicyclic) bond motifs is 1. The number of methoxy groups -OCH3 is 2. The first-order valence-electron chi connectivity index (χ1n) is 4.78. The van der Waals surface area contributed by atoms with E-state index in [1.54, 1.807) is 36.8 Å². The maximum Gasteiger partial charge on any atom is 0.356 e. The molecule has 0 unspecified atom stereocenters. The third-order valence-electron chi connectivity index (χ3n) is 2.38. The number of carbonyl (C=O) groups excluding carboxylic acids is 1. The summed E-state index contributed by atoms with van der Waals surface area (Å²) in [6.45, 7) is 1.77. The predicted octanol–water partition coefficient (Wildman–Crippen LogP) is 1.44. The molecule has 2 heterocycles. The number of rotatable bonds is 2. The molecular weight excluding hydrogens is 208 g/mol. The Morgan fingerprint density at radius 2 is 2.12 bits per heavy atom. The second-order valence-corrected chi connectivity index (χ2v) is 3.33. The summed E-state index contributed by atoms with van der Waals surface area (Å²) in [5.74, 6) is 0.258. The van der Waals surface area contributed by atoms with E-state index < -0.39 is 5.97 Å². The lowest BCUT2D eigenvalue weighted by Crippen LogP contribution is -2.07. The number of imidazole rings is 1. The van der Waals surface area contributed by atoms with Crippen LogP contribution in [0.5, 0.6) is 5.75 Å². The lowest BCUT2D eigenvalue weighted by atomic mass is 10.3. The average molecular weight is 220 g/mol. The highest BCUT2D eigenvalue weighted by atomic mass is 16.5. The van der Waals surface area contributed by atoms with E-state index in [0.29, 0.717) is 22.8 Å². The van der Waals surface area contributed by atoms with Crippen molar-refractivity contribution in [3.8, 4) is 5.75 Å². The second-order valence-electron chi connectivity index (χ2n) is 3.33. The standard InChI is InChI=1S/C11H12N2O3/c1-7-10(11(14)16-3)13-6-8(15-2)4-5-9(13)12-7/h4-6H,1-3H3. The lowest BCUT2D eigenvalue weighted by Gasteiger charge is -2.03. The molecule has 2 aromatic rings. The maximum atomic E-state index is 11.6. The minimum atomic E-state index is -0.404. The van der Waals surface area contributed by atoms with E-state index in [0.717, 1.165) is 0 Å². The topological polar surface area (TPSA) is 52.8 Å². The fourth-order valence-corrected chi connectivity index (χ4v) is 1.61. The van der Waals surface area contributed by atoms with E-state index in [2.05, 4.69) is 4.98 Å². The molecule has 16 heavy (non-hydrogen) atoms. The first-order valence-corrected chi connectivity index (χ1v) is 4.78. The summed E-state index contributed by atoms with van der Waals surface area (Å²) >= 11 is 0. The molecule has 0 aliphatic rings. The highest BCUT2D eigenvalue weighted by Gasteiger charge is 2.17. The normalized spacial score (nSPS) is 10.4. The van der Waals surface area contributed by atoms with Gasteiger partial charge in [0.15, 0.2) is 5.69 Å². The van der Waals surface area contributed by atoms with Crippen molar-refractivity contribution in [3.05, 3.63) is 29.7 Å². The number of hydrogen-bond donors (Lipinski definition) is 0. The van der Waals surface area contributed by atoms with Crippen LogP contribution < -0.4 is 4.74 Å². The van der Waals surface area contributed by atoms with Gasteiger partial charge in [-0.05, 0) is 19.1 Å². The van der Waals surface area contributed by atoms with Crippen molar-refractivity contribution in [1.29, 1.82) is 0 Å². The van der Waals surface area contributed by atoms with Gasteiger partial charge in [0, 0.05) is 0 Å². The second kappa shape index (κ2) is 3.84. The van der Waals surface area contributed by atoms with Crippen LogP contribution in [0, 0.1) is 6.92 Å². The molecule has 5 nitrogen and oxygen atoms in total. The Hall–Kier alpha value is -2.04. The zero-order valence-electron chi connectivity index (χ0n) is 9.35. The average Bonchev–Trinajstić information content (AvgIpc) is 2.63. The van der Waals surface area contributed by atoms with Crippen LogP contribution >= 0.6 is 0 Å². The maximum absolute atomic E-state index is 11.6. The van der Waals surface area contributed by atoms with Gasteiger partial charge in [-0.15, -0.1) is 0 Å². The summed E-state index contributed by atoms with van der Waals surface area (Å²) in [6.07, 6.45) is 1.71. The molecule has 0 amide bonds. The van der Waals surface area contributed by atoms with Gasteiger partial charge in [0.05, 0.1) is 26.1 Å². The van der Waals surface area contributed by atoms with E-state index in [-0.39, 0.29) is 0 Å². The SMILES string of the molecule is COC(=O)c1c(C)nc2ccc(OC)cn12. The number of pyridine rings is 1. The van der Waals surface area contributed by atoms with Gasteiger partial charge in [-0.2, -0.15) is 0 Å². The third kappa shape index (κ3) is 1.50. The minimum Gasteiger partial charge on any atom is -0.495 e. The highest BCUT2D eigenvalue weighted by Crippen LogP contribution is 2.17. The predicted molar refractivity (Wildman–Crippen MR) is 57.8 cm³/mol. The first-order chi connectivity index (χ1) is 7.67. The van der Waals surface area contributed by atoms with Gasteiger partial charge in [0.1, 0.15) is 11.4 Å². The van der Waals surface area contributed by atoms with Crippen LogP contribution in [-0.2, 0) is 4.74 Å². The molecule has 0 spiro atoms. The van der Waals surface area contributed by atoms with Gasteiger partial charge in [-0.3, -0.25) is 4.40 Å². The molecule has 2 aromatic heterocycles. The molecule has 0 aliphatic heterocycles. The van der Waals surface area contributed by atoms with Crippen molar-refractivity contribution >= 4 is 11.6 Å². The quantitative estimate of drug-likeness (QED) is 0.718. The van der Waals surface area contributed by atoms with Crippen LogP contribution in [0.2, 0.25) is 0 Å². The number of ether oxygens (including phenoxy) is 2. The molecule has 84 valence electrons. The van der Waals surface area contributed by atoms with Gasteiger partial charge in [-0.25, -0.2) is 9.78 Å². The number of nitrogens with zero attached hydrogens (tertiary/aromatic N) is 2. The highest BCUT2D eigenvalue weighted by molar-refractivity contribution is 5.90. The van der Waals surface area contributed by atoms with Crippen molar-refractivity contribution < 1.29 is 14.3 Å². The lowest BCUT2D eigenvalue weighted by molar-refractivity contribution is 0.0592. The zero-order valence-corrected chi connectivity index (χ0v) is 9.35. The van der Waals surface area contributed by atoms with Crippen LogP contribution in [0.25, 0.3) is 5.65 Å². The number of hydrogen-bond acceptors (Lipinski definition) is 4. The molecular formula is C11H12N2O3. The molecule has 0 fully saturated rings. The number of aromatic nitrogens is 2. The van der Waals surface area contributed by atoms with Gasteiger partial charge in [0.25, 0.3) is 0 Å². The smallest absolute Gasteiger partial charge is 0.356 e. The summed E-state index contributed by atoms with van der Waals surface area (Å²) in [7, 11) is 2.92. The van der Waals surface area contributed by atoms with Gasteiger partial charge in [0.2, 0.25) is 0 Å². The monoisotopic (exact) mass is 220 g/mol. The molecule has 0 aromatic carbocycles. The summed E-state index contributed by atoms with van der Waals surface area (Å²) in [5.41, 5.74) is 1.76. The third-order valence-corrected chi connectivity index (χ3v) is 2.38. The van der Waals surface area contributed by atoms with Crippen LogP contribution in [0.3, 0.4) is 0 Å². The molecule has 0 atom stereocenters. The molecule has 0 radical (unpaired) electrons. The molecule has 0 bridgehead atoms. The summed E-state index contributed by atoms with van der Waals surface area (Å²) < 4.78 is 11.5. The van der Waals surface area contributed by atoms with Gasteiger partial charge < -0.3 is 9.47 Å². The molecule has 0 saturated carbocycles. The first kappa shape index (κ1) is 10.5. The van der Waals surface area contributed by atoms with Crippen molar-refractivity contribution in [2.24, 2.45) is 0 Å². The van der Waals surface area contributed by atoms with E-state index in [4.69, 9.17) is 9.47 Å². The largest absolute Gasteiger partial charge is 0.495 e. The van der Waals surface area contributed by atoms with E-state index in [1.807, 2.05) is 0 Å². The Kier molecular flexibility index (Phi) is 2.52. The van der Waals surface area contributed by atoms with E-state index >= 15 is 0 Å². The fourth-order valence-electron chi connectivity index (χ4n) is 1.61. The Bertz CT molecular complexity index is 545. The van der Waals surface area contributed by atoms with E-state index in [1.165, 1.54) is 7.11 Å². The Morgan fingerprint density at radius 3 is 2.75 bits per heavy atom. The van der Waals surface area contributed by atoms with Crippen LogP contribution in [0.4, 0.5) is 0 Å². The van der Waals surface area contributed by atoms with Crippen molar-refractivity contribution in [3.63, 3.8) is 0 Å². The molecule has 5 heteroatoms.